The van der Waals surface area contributed by atoms with Gasteiger partial charge in [0.25, 0.3) is 0 Å². The molecule has 0 radical (unpaired) electrons. The first-order valence-corrected chi connectivity index (χ1v) is 6.35. The van der Waals surface area contributed by atoms with Gasteiger partial charge >= 0.3 is 0 Å². The fourth-order valence-corrected chi connectivity index (χ4v) is 1.52. The maximum absolute atomic E-state index is 10.5. The molecule has 0 aliphatic heterocycles. The van der Waals surface area contributed by atoms with Crippen LogP contribution < -0.4 is 5.32 Å². The van der Waals surface area contributed by atoms with Crippen LogP contribution in [-0.4, -0.2) is 42.8 Å². The van der Waals surface area contributed by atoms with Gasteiger partial charge in [-0.2, -0.15) is 0 Å². The maximum atomic E-state index is 10.5. The summed E-state index contributed by atoms with van der Waals surface area (Å²) < 4.78 is 10.4. The highest BCUT2D eigenvalue weighted by molar-refractivity contribution is 14.1. The molecular weight excluding hydrogens is 309 g/mol. The molecule has 0 aromatic carbocycles. The van der Waals surface area contributed by atoms with Gasteiger partial charge in [0.05, 0.1) is 19.8 Å². The minimum atomic E-state index is 0.0250. The second kappa shape index (κ2) is 7.54. The van der Waals surface area contributed by atoms with E-state index in [0.717, 1.165) is 12.5 Å². The summed E-state index contributed by atoms with van der Waals surface area (Å²) in [5, 5.41) is 3.39. The van der Waals surface area contributed by atoms with Crippen LogP contribution in [0.1, 0.15) is 13.3 Å². The van der Waals surface area contributed by atoms with Crippen LogP contribution >= 0.6 is 22.6 Å². The third-order valence-corrected chi connectivity index (χ3v) is 2.66. The molecule has 1 aliphatic rings. The number of ether oxygens (including phenoxy) is 2. The van der Waals surface area contributed by atoms with Gasteiger partial charge in [0.15, 0.2) is 0 Å². The summed E-state index contributed by atoms with van der Waals surface area (Å²) in [6.07, 6.45) is 1.29. The summed E-state index contributed by atoms with van der Waals surface area (Å²) in [5.74, 6) is 0.836. The SMILES string of the molecule is CC1CC1NCCOCCOCC(=O)I. The van der Waals surface area contributed by atoms with Crippen molar-refractivity contribution in [2.75, 3.05) is 33.0 Å². The molecule has 0 aromatic rings. The lowest BCUT2D eigenvalue weighted by Crippen LogP contribution is -2.23. The Hall–Kier alpha value is 0.280. The second-order valence-electron chi connectivity index (χ2n) is 3.79. The number of carbonyl (C=O) groups excluding carboxylic acids is 1. The van der Waals surface area contributed by atoms with Crippen molar-refractivity contribution in [1.29, 1.82) is 0 Å². The number of hydrogen-bond acceptors (Lipinski definition) is 4. The zero-order valence-electron chi connectivity index (χ0n) is 9.00. The van der Waals surface area contributed by atoms with Gasteiger partial charge in [0, 0.05) is 35.2 Å². The van der Waals surface area contributed by atoms with E-state index in [1.54, 1.807) is 22.6 Å². The summed E-state index contributed by atoms with van der Waals surface area (Å²) in [6, 6.07) is 0.710. The molecule has 0 saturated heterocycles. The number of carbonyl (C=O) groups is 1. The molecule has 5 heteroatoms. The summed E-state index contributed by atoms with van der Waals surface area (Å²) in [6.45, 7) is 5.10. The van der Waals surface area contributed by atoms with Crippen LogP contribution in [0.3, 0.4) is 0 Å². The van der Waals surface area contributed by atoms with Crippen molar-refractivity contribution >= 4 is 26.4 Å². The zero-order valence-corrected chi connectivity index (χ0v) is 11.2. The lowest BCUT2D eigenvalue weighted by molar-refractivity contribution is -0.114. The van der Waals surface area contributed by atoms with Crippen molar-refractivity contribution < 1.29 is 14.3 Å². The van der Waals surface area contributed by atoms with E-state index in [-0.39, 0.29) is 10.4 Å². The average molecular weight is 327 g/mol. The third kappa shape index (κ3) is 7.21. The number of nitrogens with one attached hydrogen (secondary N) is 1. The molecule has 2 unspecified atom stereocenters. The van der Waals surface area contributed by atoms with Crippen molar-refractivity contribution in [3.05, 3.63) is 0 Å². The zero-order chi connectivity index (χ0) is 11.1. The van der Waals surface area contributed by atoms with Crippen molar-refractivity contribution in [3.63, 3.8) is 0 Å². The first kappa shape index (κ1) is 13.3. The van der Waals surface area contributed by atoms with E-state index < -0.39 is 0 Å². The first-order chi connectivity index (χ1) is 7.20. The predicted octanol–water partition coefficient (Wildman–Crippen LogP) is 0.979. The van der Waals surface area contributed by atoms with Gasteiger partial charge in [0.2, 0.25) is 3.79 Å². The molecule has 1 rings (SSSR count). The van der Waals surface area contributed by atoms with E-state index >= 15 is 0 Å². The van der Waals surface area contributed by atoms with Gasteiger partial charge in [-0.1, -0.05) is 6.92 Å². The highest BCUT2D eigenvalue weighted by Gasteiger charge is 2.31. The van der Waals surface area contributed by atoms with Crippen LogP contribution in [0.25, 0.3) is 0 Å². The number of halogens is 1. The molecule has 0 aromatic heterocycles. The lowest BCUT2D eigenvalue weighted by Gasteiger charge is -2.05. The highest BCUT2D eigenvalue weighted by Crippen LogP contribution is 2.28. The normalized spacial score (nSPS) is 24.1. The van der Waals surface area contributed by atoms with Gasteiger partial charge in [-0.3, -0.25) is 4.79 Å². The molecule has 0 heterocycles. The van der Waals surface area contributed by atoms with Crippen molar-refractivity contribution in [2.45, 2.75) is 19.4 Å². The number of rotatable bonds is 9. The molecule has 0 amide bonds. The lowest BCUT2D eigenvalue weighted by atomic mass is 10.5. The van der Waals surface area contributed by atoms with Gasteiger partial charge in [-0.15, -0.1) is 0 Å². The molecule has 1 fully saturated rings. The second-order valence-corrected chi connectivity index (χ2v) is 5.00. The van der Waals surface area contributed by atoms with E-state index in [1.165, 1.54) is 6.42 Å². The van der Waals surface area contributed by atoms with E-state index in [4.69, 9.17) is 9.47 Å². The van der Waals surface area contributed by atoms with Gasteiger partial charge < -0.3 is 14.8 Å². The Morgan fingerprint density at radius 3 is 2.67 bits per heavy atom. The largest absolute Gasteiger partial charge is 0.378 e. The summed E-state index contributed by atoms with van der Waals surface area (Å²) in [5.41, 5.74) is 0. The average Bonchev–Trinajstić information content (AvgIpc) is 2.86. The predicted molar refractivity (Wildman–Crippen MR) is 66.2 cm³/mol. The minimum absolute atomic E-state index is 0.0250. The Kier molecular flexibility index (Phi) is 6.71. The molecule has 1 N–H and O–H groups in total. The minimum Gasteiger partial charge on any atom is -0.378 e. The van der Waals surface area contributed by atoms with E-state index in [9.17, 15) is 4.79 Å². The fraction of sp³-hybridized carbons (Fsp3) is 0.900. The van der Waals surface area contributed by atoms with E-state index in [2.05, 4.69) is 12.2 Å². The maximum Gasteiger partial charge on any atom is 0.217 e. The van der Waals surface area contributed by atoms with Crippen LogP contribution in [0, 0.1) is 5.92 Å². The molecule has 1 aliphatic carbocycles. The van der Waals surface area contributed by atoms with Crippen molar-refractivity contribution in [3.8, 4) is 0 Å². The van der Waals surface area contributed by atoms with Crippen LogP contribution in [0.5, 0.6) is 0 Å². The Labute approximate surface area is 104 Å². The molecule has 0 bridgehead atoms. The molecule has 88 valence electrons. The summed E-state index contributed by atoms with van der Waals surface area (Å²) in [7, 11) is 0. The standard InChI is InChI=1S/C10H18INO3/c1-8-6-9(8)12-2-3-14-4-5-15-7-10(11)13/h8-9,12H,2-7H2,1H3. The van der Waals surface area contributed by atoms with Gasteiger partial charge in [-0.25, -0.2) is 0 Å². The first-order valence-electron chi connectivity index (χ1n) is 5.27. The topological polar surface area (TPSA) is 47.6 Å². The van der Waals surface area contributed by atoms with Crippen LogP contribution in [-0.2, 0) is 14.3 Å². The highest BCUT2D eigenvalue weighted by atomic mass is 127. The molecule has 2 atom stereocenters. The fourth-order valence-electron chi connectivity index (χ4n) is 1.30. The summed E-state index contributed by atoms with van der Waals surface area (Å²) in [4.78, 5) is 10.5. The number of hydrogen-bond donors (Lipinski definition) is 1. The van der Waals surface area contributed by atoms with Crippen LogP contribution in [0.4, 0.5) is 0 Å². The Morgan fingerprint density at radius 1 is 1.40 bits per heavy atom. The Bertz CT molecular complexity index is 201. The summed E-state index contributed by atoms with van der Waals surface area (Å²) >= 11 is 1.72. The monoisotopic (exact) mass is 327 g/mol. The quantitative estimate of drug-likeness (QED) is 0.390. The van der Waals surface area contributed by atoms with Crippen LogP contribution in [0.2, 0.25) is 0 Å². The Balaban J connectivity index is 1.71. The molecule has 1 saturated carbocycles. The molecule has 15 heavy (non-hydrogen) atoms. The van der Waals surface area contributed by atoms with Crippen molar-refractivity contribution in [2.24, 2.45) is 5.92 Å². The molecular formula is C10H18INO3. The molecule has 0 spiro atoms. The van der Waals surface area contributed by atoms with Gasteiger partial charge in [0.1, 0.15) is 6.61 Å². The van der Waals surface area contributed by atoms with Crippen molar-refractivity contribution in [1.82, 2.24) is 5.32 Å². The molecule has 4 nitrogen and oxygen atoms in total. The third-order valence-electron chi connectivity index (χ3n) is 2.35. The smallest absolute Gasteiger partial charge is 0.217 e. The van der Waals surface area contributed by atoms with E-state index in [1.807, 2.05) is 0 Å². The van der Waals surface area contributed by atoms with Crippen LogP contribution in [0.15, 0.2) is 0 Å². The van der Waals surface area contributed by atoms with Gasteiger partial charge in [-0.05, 0) is 12.3 Å². The Morgan fingerprint density at radius 2 is 2.07 bits per heavy atom. The van der Waals surface area contributed by atoms with E-state index in [0.29, 0.717) is 25.9 Å².